The molecule has 2 bridgehead atoms. The minimum absolute atomic E-state index is 0.00329. The molecular weight excluding hydrogens is 583 g/mol. The van der Waals surface area contributed by atoms with Crippen molar-refractivity contribution >= 4 is 5.97 Å². The second-order valence-corrected chi connectivity index (χ2v) is 11.5. The monoisotopic (exact) mass is 608 g/mol. The molecule has 5 aliphatic rings. The van der Waals surface area contributed by atoms with E-state index in [9.17, 15) is 31.9 Å². The molecule has 3 atom stereocenters. The first-order valence-corrected chi connectivity index (χ1v) is 13.8. The topological polar surface area (TPSA) is 118 Å². The van der Waals surface area contributed by atoms with Gasteiger partial charge in [0.1, 0.15) is 12.2 Å². The number of ether oxygens (including phenoxy) is 4. The molecule has 15 heteroatoms. The molecule has 3 heterocycles. The van der Waals surface area contributed by atoms with E-state index in [1.54, 1.807) is 6.92 Å². The van der Waals surface area contributed by atoms with Crippen molar-refractivity contribution in [2.45, 2.75) is 75.7 Å². The van der Waals surface area contributed by atoms with Crippen LogP contribution in [-0.4, -0.2) is 42.9 Å². The molecule has 3 fully saturated rings. The number of aliphatic carboxylic acids is 1. The maximum absolute atomic E-state index is 14.1. The van der Waals surface area contributed by atoms with Crippen LogP contribution in [0.5, 0.6) is 17.4 Å². The highest BCUT2D eigenvalue weighted by atomic mass is 19.4. The molecule has 0 unspecified atom stereocenters. The summed E-state index contributed by atoms with van der Waals surface area (Å²) in [5.74, 6) is -1.74. The van der Waals surface area contributed by atoms with Crippen LogP contribution >= 0.6 is 0 Å². The first-order chi connectivity index (χ1) is 20.3. The van der Waals surface area contributed by atoms with Gasteiger partial charge in [0, 0.05) is 11.6 Å². The molecule has 4 aliphatic carbocycles. The Morgan fingerprint density at radius 2 is 1.93 bits per heavy atom. The van der Waals surface area contributed by atoms with Crippen LogP contribution in [0.2, 0.25) is 0 Å². The standard InChI is InChI=1S/C28H25F5N4O6/c1-13(14-5-6-19-21(7-14)43-28(32,33)42-19)40-22-8-16(12-34-35-22)37-23-17(24(36-37)27(29,30)31)3-2-4-20(23)41-26-9-15(10-26)18(11-26)25(38)39/h5-8,12-13,15,18,20H,2-4,9-11H2,1H3,(H,38,39)/t13-,15?,18-,20-,26?/m0/s1. The van der Waals surface area contributed by atoms with Gasteiger partial charge in [0.2, 0.25) is 5.88 Å². The zero-order valence-corrected chi connectivity index (χ0v) is 22.6. The van der Waals surface area contributed by atoms with Crippen LogP contribution < -0.4 is 14.2 Å². The lowest BCUT2D eigenvalue weighted by Crippen LogP contribution is -2.40. The van der Waals surface area contributed by atoms with Gasteiger partial charge in [-0.15, -0.1) is 13.9 Å². The minimum atomic E-state index is -4.72. The summed E-state index contributed by atoms with van der Waals surface area (Å²) in [6.45, 7) is 1.63. The summed E-state index contributed by atoms with van der Waals surface area (Å²) in [5.41, 5.74) is -0.809. The van der Waals surface area contributed by atoms with E-state index in [2.05, 4.69) is 24.8 Å². The van der Waals surface area contributed by atoms with Crippen molar-refractivity contribution in [3.8, 4) is 23.1 Å². The average Bonchev–Trinajstić information content (AvgIpc) is 3.65. The molecule has 3 aromatic rings. The number of alkyl halides is 5. The van der Waals surface area contributed by atoms with Crippen molar-refractivity contribution in [2.75, 3.05) is 0 Å². The van der Waals surface area contributed by atoms with Gasteiger partial charge in [0.15, 0.2) is 17.2 Å². The number of fused-ring (bicyclic) bond motifs is 3. The summed E-state index contributed by atoms with van der Waals surface area (Å²) >= 11 is 0. The maximum Gasteiger partial charge on any atom is 0.586 e. The first-order valence-electron chi connectivity index (χ1n) is 13.8. The molecule has 0 radical (unpaired) electrons. The summed E-state index contributed by atoms with van der Waals surface area (Å²) in [6, 6.07) is 5.55. The Morgan fingerprint density at radius 3 is 2.65 bits per heavy atom. The highest BCUT2D eigenvalue weighted by Crippen LogP contribution is 2.60. The number of rotatable bonds is 7. The van der Waals surface area contributed by atoms with E-state index in [1.807, 2.05) is 0 Å². The van der Waals surface area contributed by atoms with Crippen molar-refractivity contribution in [1.29, 1.82) is 0 Å². The van der Waals surface area contributed by atoms with E-state index in [0.29, 0.717) is 37.7 Å². The quantitative estimate of drug-likeness (QED) is 0.333. The number of benzene rings is 1. The molecule has 1 aliphatic heterocycles. The fraction of sp³-hybridized carbons (Fsp3) is 0.500. The van der Waals surface area contributed by atoms with Crippen LogP contribution in [0.1, 0.15) is 73.8 Å². The molecule has 3 saturated carbocycles. The van der Waals surface area contributed by atoms with Gasteiger partial charge >= 0.3 is 18.4 Å². The Kier molecular flexibility index (Phi) is 6.14. The smallest absolute Gasteiger partial charge is 0.481 e. The Morgan fingerprint density at radius 1 is 1.16 bits per heavy atom. The van der Waals surface area contributed by atoms with Crippen LogP contribution in [0.3, 0.4) is 0 Å². The zero-order valence-electron chi connectivity index (χ0n) is 22.6. The summed E-state index contributed by atoms with van der Waals surface area (Å²) in [7, 11) is 0. The number of carbonyl (C=O) groups is 1. The van der Waals surface area contributed by atoms with Gasteiger partial charge in [-0.25, -0.2) is 4.68 Å². The number of aromatic nitrogens is 4. The van der Waals surface area contributed by atoms with Crippen molar-refractivity contribution < 1.29 is 50.8 Å². The van der Waals surface area contributed by atoms with Gasteiger partial charge in [0.25, 0.3) is 0 Å². The number of halogens is 5. The highest BCUT2D eigenvalue weighted by molar-refractivity contribution is 5.72. The number of carboxylic acids is 1. The Balaban J connectivity index is 1.18. The fourth-order valence-corrected chi connectivity index (χ4v) is 6.81. The molecule has 0 amide bonds. The first kappa shape index (κ1) is 27.8. The number of hydrogen-bond acceptors (Lipinski definition) is 8. The summed E-state index contributed by atoms with van der Waals surface area (Å²) in [6.07, 6.45) is -6.22. The molecular formula is C28H25F5N4O6. The molecule has 0 spiro atoms. The van der Waals surface area contributed by atoms with Crippen LogP contribution in [0, 0.1) is 11.8 Å². The molecule has 1 N–H and O–H groups in total. The summed E-state index contributed by atoms with van der Waals surface area (Å²) in [5, 5.41) is 21.4. The predicted octanol–water partition coefficient (Wildman–Crippen LogP) is 5.79. The molecule has 10 nitrogen and oxygen atoms in total. The van der Waals surface area contributed by atoms with E-state index in [-0.39, 0.29) is 46.7 Å². The van der Waals surface area contributed by atoms with Crippen LogP contribution in [0.25, 0.3) is 5.69 Å². The van der Waals surface area contributed by atoms with Gasteiger partial charge in [-0.3, -0.25) is 4.79 Å². The third-order valence-corrected chi connectivity index (χ3v) is 8.68. The molecule has 8 rings (SSSR count). The second kappa shape index (κ2) is 9.49. The Bertz CT molecular complexity index is 1600. The van der Waals surface area contributed by atoms with Gasteiger partial charge in [-0.05, 0) is 69.1 Å². The SMILES string of the molecule is C[C@H](Oc1cc(-n2nc(C(F)(F)F)c3c2[C@@H](OC24CC(C2)[C@@H](C(=O)O)C4)CCC3)cnn1)c1ccc2c(c1)OC(F)(F)O2. The summed E-state index contributed by atoms with van der Waals surface area (Å²) in [4.78, 5) is 11.6. The molecule has 1 aromatic carbocycles. The number of carboxylic acid groups (broad SMARTS) is 1. The van der Waals surface area contributed by atoms with Crippen LogP contribution in [0.15, 0.2) is 30.5 Å². The lowest BCUT2D eigenvalue weighted by molar-refractivity contribution is -0.286. The van der Waals surface area contributed by atoms with Crippen molar-refractivity contribution in [3.05, 3.63) is 53.0 Å². The third-order valence-electron chi connectivity index (χ3n) is 8.68. The fourth-order valence-electron chi connectivity index (χ4n) is 6.81. The molecule has 228 valence electrons. The third kappa shape index (κ3) is 4.82. The normalized spacial score (nSPS) is 27.3. The average molecular weight is 609 g/mol. The van der Waals surface area contributed by atoms with Crippen LogP contribution in [-0.2, 0) is 22.1 Å². The number of nitrogens with zero attached hydrogens (tertiary/aromatic N) is 4. The second-order valence-electron chi connectivity index (χ2n) is 11.5. The zero-order chi connectivity index (χ0) is 30.3. The Labute approximate surface area is 240 Å². The Hall–Kier alpha value is -4.01. The maximum atomic E-state index is 14.1. The highest BCUT2D eigenvalue weighted by Gasteiger charge is 2.60. The molecule has 43 heavy (non-hydrogen) atoms. The molecule has 0 saturated heterocycles. The van der Waals surface area contributed by atoms with E-state index in [1.165, 1.54) is 30.5 Å². The summed E-state index contributed by atoms with van der Waals surface area (Å²) < 4.78 is 91.7. The predicted molar refractivity (Wildman–Crippen MR) is 134 cm³/mol. The van der Waals surface area contributed by atoms with E-state index < -0.39 is 47.9 Å². The van der Waals surface area contributed by atoms with Crippen molar-refractivity contribution in [2.24, 2.45) is 11.8 Å². The molecule has 2 aromatic heterocycles. The van der Waals surface area contributed by atoms with E-state index in [4.69, 9.17) is 9.47 Å². The van der Waals surface area contributed by atoms with Gasteiger partial charge in [-0.2, -0.15) is 23.4 Å². The lowest BCUT2D eigenvalue weighted by atomic mass is 9.78. The minimum Gasteiger partial charge on any atom is -0.481 e. The van der Waals surface area contributed by atoms with Crippen molar-refractivity contribution in [1.82, 2.24) is 20.0 Å². The van der Waals surface area contributed by atoms with Gasteiger partial charge in [0.05, 0.1) is 29.1 Å². The van der Waals surface area contributed by atoms with Crippen molar-refractivity contribution in [3.63, 3.8) is 0 Å². The van der Waals surface area contributed by atoms with Gasteiger partial charge in [-0.1, -0.05) is 6.07 Å². The van der Waals surface area contributed by atoms with Gasteiger partial charge < -0.3 is 24.1 Å². The van der Waals surface area contributed by atoms with E-state index in [0.717, 1.165) is 4.68 Å². The van der Waals surface area contributed by atoms with Crippen LogP contribution in [0.4, 0.5) is 22.0 Å². The largest absolute Gasteiger partial charge is 0.586 e. The lowest BCUT2D eigenvalue weighted by Gasteiger charge is -2.42. The number of hydrogen-bond donors (Lipinski definition) is 1. The van der Waals surface area contributed by atoms with E-state index >= 15 is 0 Å².